The number of carbonyl (C=O) groups is 4. The van der Waals surface area contributed by atoms with E-state index in [1.807, 2.05) is 30.3 Å². The van der Waals surface area contributed by atoms with Crippen molar-refractivity contribution in [2.24, 2.45) is 0 Å². The third-order valence-electron chi connectivity index (χ3n) is 5.51. The second-order valence-corrected chi connectivity index (χ2v) is 9.29. The van der Waals surface area contributed by atoms with E-state index in [-0.39, 0.29) is 22.6 Å². The first-order valence-electron chi connectivity index (χ1n) is 11.4. The van der Waals surface area contributed by atoms with Crippen LogP contribution in [-0.2, 0) is 4.79 Å². The highest BCUT2D eigenvalue weighted by Crippen LogP contribution is 2.36. The smallest absolute Gasteiger partial charge is 0.336 e. The van der Waals surface area contributed by atoms with Crippen molar-refractivity contribution >= 4 is 46.9 Å². The Balaban J connectivity index is 1.49. The minimum atomic E-state index is -1.19. The molecule has 0 bridgehead atoms. The molecule has 190 valence electrons. The number of carboxylic acid groups (broad SMARTS) is 2. The van der Waals surface area contributed by atoms with Crippen molar-refractivity contribution in [3.8, 4) is 0 Å². The molecule has 38 heavy (non-hydrogen) atoms. The lowest BCUT2D eigenvalue weighted by Gasteiger charge is -2.17. The molecule has 1 atom stereocenters. The van der Waals surface area contributed by atoms with E-state index in [0.717, 1.165) is 10.5 Å². The normalized spacial score (nSPS) is 11.3. The van der Waals surface area contributed by atoms with Gasteiger partial charge in [0.25, 0.3) is 5.91 Å². The number of aromatic carboxylic acids is 2. The van der Waals surface area contributed by atoms with Gasteiger partial charge in [-0.15, -0.1) is 11.8 Å². The largest absolute Gasteiger partial charge is 0.478 e. The highest BCUT2D eigenvalue weighted by atomic mass is 32.2. The lowest BCUT2D eigenvalue weighted by molar-refractivity contribution is -0.115. The minimum absolute atomic E-state index is 0.0515. The number of rotatable bonds is 9. The van der Waals surface area contributed by atoms with Gasteiger partial charge in [0.2, 0.25) is 5.91 Å². The third kappa shape index (κ3) is 6.45. The van der Waals surface area contributed by atoms with E-state index in [1.165, 1.54) is 48.2 Å². The lowest BCUT2D eigenvalue weighted by Crippen LogP contribution is -2.19. The Morgan fingerprint density at radius 1 is 0.605 bits per heavy atom. The highest BCUT2D eigenvalue weighted by molar-refractivity contribution is 8.00. The van der Waals surface area contributed by atoms with Gasteiger partial charge in [-0.1, -0.05) is 42.5 Å². The van der Waals surface area contributed by atoms with E-state index in [1.54, 1.807) is 36.4 Å². The molecule has 0 aliphatic carbocycles. The van der Waals surface area contributed by atoms with Crippen LogP contribution in [0.25, 0.3) is 0 Å². The maximum Gasteiger partial charge on any atom is 0.336 e. The zero-order valence-corrected chi connectivity index (χ0v) is 20.6. The predicted octanol–water partition coefficient (Wildman–Crippen LogP) is 5.81. The number of carboxylic acids is 2. The highest BCUT2D eigenvalue weighted by Gasteiger charge is 2.23. The van der Waals surface area contributed by atoms with Crippen LogP contribution >= 0.6 is 11.8 Å². The van der Waals surface area contributed by atoms with Gasteiger partial charge >= 0.3 is 11.9 Å². The molecular weight excluding hydrogens is 504 g/mol. The Bertz CT molecular complexity index is 1470. The number of amides is 2. The monoisotopic (exact) mass is 526 g/mol. The molecule has 4 aromatic carbocycles. The van der Waals surface area contributed by atoms with E-state index in [2.05, 4.69) is 10.6 Å². The van der Waals surface area contributed by atoms with Crippen molar-refractivity contribution in [2.45, 2.75) is 10.1 Å². The van der Waals surface area contributed by atoms with Gasteiger partial charge in [-0.2, -0.15) is 0 Å². The van der Waals surface area contributed by atoms with Gasteiger partial charge in [0.15, 0.2) is 0 Å². The molecule has 0 spiro atoms. The molecule has 0 aromatic heterocycles. The number of carbonyl (C=O) groups excluding carboxylic acids is 2. The fourth-order valence-electron chi connectivity index (χ4n) is 3.62. The number of benzene rings is 4. The van der Waals surface area contributed by atoms with Crippen molar-refractivity contribution in [3.63, 3.8) is 0 Å². The number of anilines is 2. The topological polar surface area (TPSA) is 133 Å². The first-order chi connectivity index (χ1) is 18.3. The molecule has 0 aliphatic rings. The zero-order valence-electron chi connectivity index (χ0n) is 19.8. The zero-order chi connectivity index (χ0) is 27.1. The summed E-state index contributed by atoms with van der Waals surface area (Å²) in [5.74, 6) is -3.07. The maximum atomic E-state index is 13.2. The molecule has 4 N–H and O–H groups in total. The van der Waals surface area contributed by atoms with Crippen LogP contribution in [0.3, 0.4) is 0 Å². The summed E-state index contributed by atoms with van der Waals surface area (Å²) in [6, 6.07) is 28.0. The average molecular weight is 527 g/mol. The number of hydrogen-bond acceptors (Lipinski definition) is 5. The average Bonchev–Trinajstić information content (AvgIpc) is 2.93. The summed E-state index contributed by atoms with van der Waals surface area (Å²) in [7, 11) is 0. The number of nitrogens with one attached hydrogen (secondary N) is 2. The van der Waals surface area contributed by atoms with Crippen LogP contribution < -0.4 is 10.6 Å². The van der Waals surface area contributed by atoms with Gasteiger partial charge in [-0.05, 0) is 66.2 Å². The standard InChI is InChI=1S/C29H22N2O6S/c32-26(23-8-4-5-9-24(23)29(36)37)30-21-14-16-22(17-15-21)38-25(18-6-2-1-3-7-18)27(33)31-20-12-10-19(11-13-20)28(34)35/h1-17,25H,(H,30,32)(H,31,33)(H,34,35)(H,36,37). The summed E-state index contributed by atoms with van der Waals surface area (Å²) >= 11 is 1.31. The molecule has 0 saturated heterocycles. The fourth-order valence-corrected chi connectivity index (χ4v) is 4.65. The number of hydrogen-bond donors (Lipinski definition) is 4. The van der Waals surface area contributed by atoms with Crippen LogP contribution in [0.15, 0.2) is 108 Å². The van der Waals surface area contributed by atoms with Gasteiger partial charge in [0.1, 0.15) is 5.25 Å². The van der Waals surface area contributed by atoms with Gasteiger partial charge in [0, 0.05) is 16.3 Å². The summed E-state index contributed by atoms with van der Waals surface area (Å²) in [4.78, 5) is 49.2. The molecule has 0 heterocycles. The molecule has 1 unspecified atom stereocenters. The molecule has 8 nitrogen and oxygen atoms in total. The Hall–Kier alpha value is -4.89. The van der Waals surface area contributed by atoms with E-state index in [0.29, 0.717) is 11.4 Å². The molecule has 0 radical (unpaired) electrons. The SMILES string of the molecule is O=C(O)c1ccc(NC(=O)C(Sc2ccc(NC(=O)c3ccccc3C(=O)O)cc2)c2ccccc2)cc1. The summed E-state index contributed by atoms with van der Waals surface area (Å²) in [6.45, 7) is 0. The maximum absolute atomic E-state index is 13.2. The van der Waals surface area contributed by atoms with Crippen molar-refractivity contribution in [1.29, 1.82) is 0 Å². The van der Waals surface area contributed by atoms with Crippen LogP contribution in [0.4, 0.5) is 11.4 Å². The van der Waals surface area contributed by atoms with Gasteiger partial charge < -0.3 is 20.8 Å². The second-order valence-electron chi connectivity index (χ2n) is 8.11. The van der Waals surface area contributed by atoms with E-state index in [9.17, 15) is 24.3 Å². The molecule has 0 fully saturated rings. The van der Waals surface area contributed by atoms with E-state index in [4.69, 9.17) is 5.11 Å². The molecule has 0 saturated carbocycles. The van der Waals surface area contributed by atoms with Crippen molar-refractivity contribution in [1.82, 2.24) is 0 Å². The second kappa shape index (κ2) is 11.9. The minimum Gasteiger partial charge on any atom is -0.478 e. The molecule has 0 aliphatic heterocycles. The Kier molecular flexibility index (Phi) is 8.20. The first kappa shape index (κ1) is 26.2. The predicted molar refractivity (Wildman–Crippen MR) is 145 cm³/mol. The van der Waals surface area contributed by atoms with E-state index >= 15 is 0 Å². The van der Waals surface area contributed by atoms with Gasteiger partial charge in [-0.3, -0.25) is 9.59 Å². The Morgan fingerprint density at radius 2 is 1.16 bits per heavy atom. The van der Waals surface area contributed by atoms with E-state index < -0.39 is 23.1 Å². The quantitative estimate of drug-likeness (QED) is 0.202. The van der Waals surface area contributed by atoms with Gasteiger partial charge in [-0.25, -0.2) is 9.59 Å². The summed E-state index contributed by atoms with van der Waals surface area (Å²) in [6.07, 6.45) is 0. The fraction of sp³-hybridized carbons (Fsp3) is 0.0345. The van der Waals surface area contributed by atoms with Crippen LogP contribution in [0.1, 0.15) is 41.9 Å². The summed E-state index contributed by atoms with van der Waals surface area (Å²) < 4.78 is 0. The first-order valence-corrected chi connectivity index (χ1v) is 12.3. The van der Waals surface area contributed by atoms with Crippen molar-refractivity contribution < 1.29 is 29.4 Å². The van der Waals surface area contributed by atoms with Gasteiger partial charge in [0.05, 0.1) is 16.7 Å². The molecular formula is C29H22N2O6S. The third-order valence-corrected chi connectivity index (χ3v) is 6.77. The van der Waals surface area contributed by atoms with Crippen LogP contribution in [0.2, 0.25) is 0 Å². The Morgan fingerprint density at radius 3 is 1.76 bits per heavy atom. The number of thioether (sulfide) groups is 1. The van der Waals surface area contributed by atoms with Crippen LogP contribution in [0, 0.1) is 0 Å². The summed E-state index contributed by atoms with van der Waals surface area (Å²) in [5, 5.41) is 23.3. The molecule has 4 aromatic rings. The van der Waals surface area contributed by atoms with Crippen LogP contribution in [-0.4, -0.2) is 34.0 Å². The molecule has 2 amide bonds. The van der Waals surface area contributed by atoms with Crippen LogP contribution in [0.5, 0.6) is 0 Å². The molecule has 9 heteroatoms. The van der Waals surface area contributed by atoms with Crippen molar-refractivity contribution in [3.05, 3.63) is 125 Å². The summed E-state index contributed by atoms with van der Waals surface area (Å²) in [5.41, 5.74) is 1.80. The molecule has 4 rings (SSSR count). The Labute approximate surface area is 222 Å². The van der Waals surface area contributed by atoms with Crippen molar-refractivity contribution in [2.75, 3.05) is 10.6 Å². The lowest BCUT2D eigenvalue weighted by atomic mass is 10.1.